The smallest absolute Gasteiger partial charge is 0.338 e. The summed E-state index contributed by atoms with van der Waals surface area (Å²) in [4.78, 5) is 42.0. The van der Waals surface area contributed by atoms with Crippen molar-refractivity contribution in [2.45, 2.75) is 56.8 Å². The Morgan fingerprint density at radius 3 is 2.83 bits per heavy atom. The SMILES string of the molecule is C=CCOC(=O)C(C)(O)CCN1OC[C@@H]2[C@H]1C(F)(F)CN2CC1=C(C(=O)OCC)[C@H](c2cccc(F)c2C)N=C(c2nccs2)N1. The van der Waals surface area contributed by atoms with Crippen LogP contribution in [0, 0.1) is 12.7 Å². The van der Waals surface area contributed by atoms with E-state index in [9.17, 15) is 19.1 Å². The van der Waals surface area contributed by atoms with Crippen molar-refractivity contribution >= 4 is 29.1 Å². The van der Waals surface area contributed by atoms with Gasteiger partial charge in [-0.05, 0) is 38.0 Å². The van der Waals surface area contributed by atoms with Gasteiger partial charge in [-0.2, -0.15) is 5.06 Å². The summed E-state index contributed by atoms with van der Waals surface area (Å²) in [6.07, 6.45) is 2.72. The number of carbonyl (C=O) groups excluding carboxylic acids is 2. The summed E-state index contributed by atoms with van der Waals surface area (Å²) in [5.74, 6) is -5.03. The van der Waals surface area contributed by atoms with Crippen molar-refractivity contribution in [2.75, 3.05) is 39.5 Å². The Balaban J connectivity index is 1.45. The molecule has 1 aromatic heterocycles. The number of aromatic nitrogens is 1. The minimum atomic E-state index is -3.25. The summed E-state index contributed by atoms with van der Waals surface area (Å²) in [5.41, 5.74) is -0.869. The number of benzene rings is 1. The lowest BCUT2D eigenvalue weighted by Crippen LogP contribution is -2.48. The van der Waals surface area contributed by atoms with E-state index >= 15 is 8.78 Å². The van der Waals surface area contributed by atoms with Gasteiger partial charge in [0, 0.05) is 36.8 Å². The van der Waals surface area contributed by atoms with Crippen molar-refractivity contribution in [1.82, 2.24) is 20.3 Å². The number of esters is 2. The highest BCUT2D eigenvalue weighted by Crippen LogP contribution is 2.42. The highest BCUT2D eigenvalue weighted by molar-refractivity contribution is 7.11. The number of hydroxylamine groups is 2. The minimum absolute atomic E-state index is 0.0493. The van der Waals surface area contributed by atoms with Crippen molar-refractivity contribution in [3.8, 4) is 0 Å². The van der Waals surface area contributed by atoms with E-state index in [1.54, 1.807) is 31.5 Å². The summed E-state index contributed by atoms with van der Waals surface area (Å²) in [6.45, 7) is 6.84. The number of rotatable bonds is 12. The Morgan fingerprint density at radius 2 is 2.13 bits per heavy atom. The number of hydrogen-bond acceptors (Lipinski definition) is 12. The van der Waals surface area contributed by atoms with Gasteiger partial charge in [-0.3, -0.25) is 14.7 Å². The monoisotopic (exact) mass is 663 g/mol. The topological polar surface area (TPSA) is 126 Å². The lowest BCUT2D eigenvalue weighted by atomic mass is 9.92. The zero-order valence-corrected chi connectivity index (χ0v) is 26.5. The van der Waals surface area contributed by atoms with Gasteiger partial charge in [0.15, 0.2) is 16.4 Å². The van der Waals surface area contributed by atoms with Crippen LogP contribution in [0.2, 0.25) is 0 Å². The average molecular weight is 664 g/mol. The highest BCUT2D eigenvalue weighted by Gasteiger charge is 2.61. The van der Waals surface area contributed by atoms with Crippen LogP contribution in [0.1, 0.15) is 42.4 Å². The standard InChI is InChI=1S/C31H36F3N5O6S/c1-5-13-44-29(41)30(4,42)10-12-39-25-22(16-45-39)38(17-31(25,33)34)15-21-23(28(40)43-6-2)24(19-8-7-9-20(32)18(19)3)37-26(36-21)27-35-11-14-46-27/h5,7-9,11,14,22,24-25,42H,1,6,10,12-13,15-17H2,2-4H3,(H,36,37)/t22-,24+,25+,30?/m1/s1. The predicted molar refractivity (Wildman–Crippen MR) is 162 cm³/mol. The Morgan fingerprint density at radius 1 is 1.35 bits per heavy atom. The minimum Gasteiger partial charge on any atom is -0.463 e. The van der Waals surface area contributed by atoms with Gasteiger partial charge in [0.05, 0.1) is 31.4 Å². The number of thiazole rings is 1. The Hall–Kier alpha value is -3.63. The van der Waals surface area contributed by atoms with Crippen LogP contribution in [0.4, 0.5) is 13.2 Å². The Kier molecular flexibility index (Phi) is 9.98. The van der Waals surface area contributed by atoms with Crippen LogP contribution in [0.3, 0.4) is 0 Å². The number of nitrogens with one attached hydrogen (secondary N) is 1. The molecule has 1 aromatic carbocycles. The molecule has 2 saturated heterocycles. The lowest BCUT2D eigenvalue weighted by molar-refractivity contribution is -0.191. The van der Waals surface area contributed by atoms with Crippen LogP contribution in [0.15, 0.2) is 58.7 Å². The number of carbonyl (C=O) groups is 2. The van der Waals surface area contributed by atoms with Gasteiger partial charge in [0.2, 0.25) is 0 Å². The second-order valence-corrected chi connectivity index (χ2v) is 12.3. The fraction of sp³-hybridized carbons (Fsp3) is 0.484. The average Bonchev–Trinajstić information content (AvgIpc) is 3.75. The molecule has 5 rings (SSSR count). The second kappa shape index (κ2) is 13.6. The van der Waals surface area contributed by atoms with E-state index in [-0.39, 0.29) is 56.2 Å². The molecular formula is C31H36F3N5O6S. The van der Waals surface area contributed by atoms with Crippen LogP contribution in [0.25, 0.3) is 0 Å². The van der Waals surface area contributed by atoms with Crippen LogP contribution in [-0.2, 0) is 23.9 Å². The van der Waals surface area contributed by atoms with E-state index < -0.39 is 53.9 Å². The maximum Gasteiger partial charge on any atom is 0.338 e. The van der Waals surface area contributed by atoms with Gasteiger partial charge in [-0.1, -0.05) is 24.8 Å². The number of aliphatic hydroxyl groups is 1. The highest BCUT2D eigenvalue weighted by atomic mass is 32.1. The van der Waals surface area contributed by atoms with E-state index in [4.69, 9.17) is 19.3 Å². The molecule has 46 heavy (non-hydrogen) atoms. The summed E-state index contributed by atoms with van der Waals surface area (Å²) >= 11 is 1.29. The summed E-state index contributed by atoms with van der Waals surface area (Å²) in [7, 11) is 0. The number of alkyl halides is 2. The van der Waals surface area contributed by atoms with Gasteiger partial charge in [0.1, 0.15) is 24.5 Å². The summed E-state index contributed by atoms with van der Waals surface area (Å²) < 4.78 is 56.4. The normalized spacial score (nSPS) is 24.2. The predicted octanol–water partition coefficient (Wildman–Crippen LogP) is 3.30. The van der Waals surface area contributed by atoms with Crippen LogP contribution < -0.4 is 5.32 Å². The number of aliphatic imine (C=N–C) groups is 1. The van der Waals surface area contributed by atoms with Gasteiger partial charge in [-0.15, -0.1) is 11.3 Å². The lowest BCUT2D eigenvalue weighted by Gasteiger charge is -2.31. The molecule has 4 atom stereocenters. The molecule has 0 bridgehead atoms. The second-order valence-electron chi connectivity index (χ2n) is 11.4. The Labute approximate surface area is 268 Å². The van der Waals surface area contributed by atoms with Crippen LogP contribution in [0.5, 0.6) is 0 Å². The first-order valence-electron chi connectivity index (χ1n) is 14.8. The molecule has 2 fully saturated rings. The zero-order chi connectivity index (χ0) is 33.2. The van der Waals surface area contributed by atoms with Crippen molar-refractivity contribution in [3.05, 3.63) is 75.7 Å². The third kappa shape index (κ3) is 6.74. The molecule has 0 radical (unpaired) electrons. The maximum atomic E-state index is 15.7. The summed E-state index contributed by atoms with van der Waals surface area (Å²) in [5, 5.41) is 17.1. The number of fused-ring (bicyclic) bond motifs is 1. The molecule has 0 saturated carbocycles. The quantitative estimate of drug-likeness (QED) is 0.258. The zero-order valence-electron chi connectivity index (χ0n) is 25.7. The summed E-state index contributed by atoms with van der Waals surface area (Å²) in [6, 6.07) is 1.30. The first-order chi connectivity index (χ1) is 21.9. The maximum absolute atomic E-state index is 15.7. The van der Waals surface area contributed by atoms with Crippen molar-refractivity contribution in [2.24, 2.45) is 4.99 Å². The molecule has 15 heteroatoms. The van der Waals surface area contributed by atoms with E-state index in [1.807, 2.05) is 0 Å². The molecule has 0 spiro atoms. The molecule has 3 aliphatic rings. The number of hydrogen-bond donors (Lipinski definition) is 2. The van der Waals surface area contributed by atoms with Gasteiger partial charge >= 0.3 is 11.9 Å². The largest absolute Gasteiger partial charge is 0.463 e. The fourth-order valence-corrected chi connectivity index (χ4v) is 6.47. The number of ether oxygens (including phenoxy) is 2. The molecule has 2 N–H and O–H groups in total. The van der Waals surface area contributed by atoms with Crippen molar-refractivity contribution in [3.63, 3.8) is 0 Å². The molecular weight excluding hydrogens is 627 g/mol. The molecule has 4 heterocycles. The van der Waals surface area contributed by atoms with E-state index in [2.05, 4.69) is 16.9 Å². The molecule has 248 valence electrons. The molecule has 1 unspecified atom stereocenters. The van der Waals surface area contributed by atoms with Gasteiger partial charge < -0.3 is 19.9 Å². The first-order valence-corrected chi connectivity index (χ1v) is 15.7. The van der Waals surface area contributed by atoms with Gasteiger partial charge in [-0.25, -0.2) is 27.7 Å². The molecule has 3 aliphatic heterocycles. The molecule has 0 aliphatic carbocycles. The number of amidine groups is 1. The van der Waals surface area contributed by atoms with E-state index in [0.29, 0.717) is 16.4 Å². The van der Waals surface area contributed by atoms with Crippen molar-refractivity contribution < 1.29 is 42.2 Å². The van der Waals surface area contributed by atoms with Crippen LogP contribution >= 0.6 is 11.3 Å². The molecule has 0 amide bonds. The molecule has 2 aromatic rings. The third-order valence-corrected chi connectivity index (χ3v) is 8.99. The number of likely N-dealkylation sites (tertiary alicyclic amines) is 1. The number of nitrogens with zero attached hydrogens (tertiary/aromatic N) is 4. The van der Waals surface area contributed by atoms with Crippen LogP contribution in [-0.4, -0.2) is 101 Å². The van der Waals surface area contributed by atoms with E-state index in [1.165, 1.54) is 41.4 Å². The fourth-order valence-electron chi connectivity index (χ4n) is 5.88. The van der Waals surface area contributed by atoms with Crippen molar-refractivity contribution in [1.29, 1.82) is 0 Å². The molecule has 11 nitrogen and oxygen atoms in total. The number of halogens is 3. The van der Waals surface area contributed by atoms with E-state index in [0.717, 1.165) is 5.06 Å². The third-order valence-electron chi connectivity index (χ3n) is 8.21. The Bertz CT molecular complexity index is 1530. The van der Waals surface area contributed by atoms with Gasteiger partial charge in [0.25, 0.3) is 5.92 Å². The first kappa shape index (κ1) is 33.7.